The van der Waals surface area contributed by atoms with Gasteiger partial charge in [0.05, 0.1) is 7.11 Å². The van der Waals surface area contributed by atoms with E-state index in [4.69, 9.17) is 0 Å². The smallest absolute Gasteiger partial charge is 0.432 e. The van der Waals surface area contributed by atoms with Gasteiger partial charge in [-0.05, 0) is 5.56 Å². The van der Waals surface area contributed by atoms with Gasteiger partial charge >= 0.3 is 12.1 Å². The van der Waals surface area contributed by atoms with E-state index in [0.717, 1.165) is 5.56 Å². The lowest BCUT2D eigenvalue weighted by Crippen LogP contribution is -2.46. The number of imide groups is 1. The van der Waals surface area contributed by atoms with Crippen LogP contribution in [-0.2, 0) is 30.4 Å². The van der Waals surface area contributed by atoms with Gasteiger partial charge in [0.15, 0.2) is 0 Å². The number of methoxy groups -OCH3 is 1. The Balaban J connectivity index is 1.99. The summed E-state index contributed by atoms with van der Waals surface area (Å²) in [4.78, 5) is 51.1. The molecule has 0 aliphatic carbocycles. The van der Waals surface area contributed by atoms with Gasteiger partial charge in [-0.25, -0.2) is 9.59 Å². The second-order valence-corrected chi connectivity index (χ2v) is 4.87. The van der Waals surface area contributed by atoms with Crippen molar-refractivity contribution < 1.29 is 28.8 Å². The fraction of sp³-hybridized carbons (Fsp3) is 0.333. The number of hydrogen-bond acceptors (Lipinski definition) is 6. The molecule has 3 amide bonds. The van der Waals surface area contributed by atoms with Crippen LogP contribution in [-0.4, -0.2) is 42.1 Å². The van der Waals surface area contributed by atoms with Crippen molar-refractivity contribution in [1.82, 2.24) is 10.4 Å². The van der Waals surface area contributed by atoms with Crippen LogP contribution in [0.15, 0.2) is 30.3 Å². The molecule has 1 aromatic carbocycles. The Morgan fingerprint density at radius 3 is 2.35 bits per heavy atom. The van der Waals surface area contributed by atoms with Gasteiger partial charge in [0, 0.05) is 19.3 Å². The fourth-order valence-electron chi connectivity index (χ4n) is 2.09. The van der Waals surface area contributed by atoms with Crippen molar-refractivity contribution in [3.8, 4) is 0 Å². The highest BCUT2D eigenvalue weighted by molar-refractivity contribution is 6.01. The Morgan fingerprint density at radius 1 is 1.17 bits per heavy atom. The van der Waals surface area contributed by atoms with E-state index in [2.05, 4.69) is 14.9 Å². The van der Waals surface area contributed by atoms with Crippen LogP contribution in [0, 0.1) is 0 Å². The van der Waals surface area contributed by atoms with Crippen LogP contribution in [0.3, 0.4) is 0 Å². The normalized spacial score (nSPS) is 15.3. The molecule has 1 aliphatic rings. The molecule has 23 heavy (non-hydrogen) atoms. The molecule has 8 heteroatoms. The standard InChI is InChI=1S/C15H16N2O6/c1-22-14(20)11(9-10-5-3-2-4-6-10)16-15(21)23-17-12(18)7-8-13(17)19/h2-6,11H,7-9H2,1H3,(H,16,21)/t11-/m1/s1. The van der Waals surface area contributed by atoms with E-state index in [1.165, 1.54) is 7.11 Å². The van der Waals surface area contributed by atoms with Crippen LogP contribution >= 0.6 is 0 Å². The Kier molecular flexibility index (Phi) is 5.29. The number of rotatable bonds is 5. The van der Waals surface area contributed by atoms with E-state index >= 15 is 0 Å². The summed E-state index contributed by atoms with van der Waals surface area (Å²) < 4.78 is 4.64. The van der Waals surface area contributed by atoms with Crippen molar-refractivity contribution in [1.29, 1.82) is 0 Å². The molecule has 1 N–H and O–H groups in total. The Bertz CT molecular complexity index is 600. The van der Waals surface area contributed by atoms with E-state index in [0.29, 0.717) is 5.06 Å². The predicted molar refractivity (Wildman–Crippen MR) is 76.7 cm³/mol. The van der Waals surface area contributed by atoms with Crippen LogP contribution in [0.25, 0.3) is 0 Å². The molecule has 1 atom stereocenters. The van der Waals surface area contributed by atoms with Crippen LogP contribution in [0.4, 0.5) is 4.79 Å². The average molecular weight is 320 g/mol. The van der Waals surface area contributed by atoms with Gasteiger partial charge in [-0.15, -0.1) is 5.06 Å². The summed E-state index contributed by atoms with van der Waals surface area (Å²) in [7, 11) is 1.20. The first-order valence-corrected chi connectivity index (χ1v) is 6.97. The molecule has 2 rings (SSSR count). The fourth-order valence-corrected chi connectivity index (χ4v) is 2.09. The minimum Gasteiger partial charge on any atom is -0.467 e. The molecular weight excluding hydrogens is 304 g/mol. The number of carbonyl (C=O) groups is 4. The minimum atomic E-state index is -1.07. The number of nitrogens with one attached hydrogen (secondary N) is 1. The Hall–Kier alpha value is -2.90. The third kappa shape index (κ3) is 4.29. The molecule has 1 saturated heterocycles. The number of nitrogens with zero attached hydrogens (tertiary/aromatic N) is 1. The van der Waals surface area contributed by atoms with Crippen molar-refractivity contribution in [2.24, 2.45) is 0 Å². The highest BCUT2D eigenvalue weighted by atomic mass is 16.7. The number of benzene rings is 1. The third-order valence-corrected chi connectivity index (χ3v) is 3.24. The summed E-state index contributed by atoms with van der Waals surface area (Å²) in [6, 6.07) is 7.99. The van der Waals surface area contributed by atoms with Crippen molar-refractivity contribution >= 4 is 23.9 Å². The molecule has 0 aromatic heterocycles. The van der Waals surface area contributed by atoms with Gasteiger partial charge in [0.1, 0.15) is 6.04 Å². The highest BCUT2D eigenvalue weighted by Crippen LogP contribution is 2.12. The molecule has 0 radical (unpaired) electrons. The molecule has 0 unspecified atom stereocenters. The summed E-state index contributed by atoms with van der Waals surface area (Å²) in [6.45, 7) is 0. The van der Waals surface area contributed by atoms with Gasteiger partial charge in [-0.2, -0.15) is 0 Å². The molecule has 1 heterocycles. The zero-order valence-electron chi connectivity index (χ0n) is 12.5. The molecule has 1 aliphatic heterocycles. The number of hydroxylamine groups is 2. The Labute approximate surface area is 132 Å². The number of amides is 3. The average Bonchev–Trinajstić information content (AvgIpc) is 2.86. The van der Waals surface area contributed by atoms with Gasteiger partial charge in [-0.3, -0.25) is 9.59 Å². The molecule has 122 valence electrons. The van der Waals surface area contributed by atoms with Crippen LogP contribution < -0.4 is 5.32 Å². The predicted octanol–water partition coefficient (Wildman–Crippen LogP) is 0.561. The van der Waals surface area contributed by atoms with Gasteiger partial charge < -0.3 is 14.9 Å². The maximum Gasteiger partial charge on any atom is 0.432 e. The first-order chi connectivity index (χ1) is 11.0. The van der Waals surface area contributed by atoms with Crippen molar-refractivity contribution in [2.75, 3.05) is 7.11 Å². The molecule has 1 fully saturated rings. The second kappa shape index (κ2) is 7.39. The van der Waals surface area contributed by atoms with Crippen LogP contribution in [0.5, 0.6) is 0 Å². The quantitative estimate of drug-likeness (QED) is 0.628. The van der Waals surface area contributed by atoms with E-state index in [9.17, 15) is 19.2 Å². The van der Waals surface area contributed by atoms with Crippen LogP contribution in [0.1, 0.15) is 18.4 Å². The zero-order chi connectivity index (χ0) is 16.8. The lowest BCUT2D eigenvalue weighted by Gasteiger charge is -2.18. The molecule has 0 saturated carbocycles. The van der Waals surface area contributed by atoms with Gasteiger partial charge in [0.2, 0.25) is 0 Å². The topological polar surface area (TPSA) is 102 Å². The van der Waals surface area contributed by atoms with Crippen molar-refractivity contribution in [3.05, 3.63) is 35.9 Å². The van der Waals surface area contributed by atoms with E-state index < -0.39 is 29.9 Å². The van der Waals surface area contributed by atoms with E-state index in [1.807, 2.05) is 6.07 Å². The van der Waals surface area contributed by atoms with Gasteiger partial charge in [-0.1, -0.05) is 30.3 Å². The maximum atomic E-state index is 11.8. The third-order valence-electron chi connectivity index (χ3n) is 3.24. The van der Waals surface area contributed by atoms with Gasteiger partial charge in [0.25, 0.3) is 11.8 Å². The van der Waals surface area contributed by atoms with Crippen molar-refractivity contribution in [2.45, 2.75) is 25.3 Å². The maximum absolute atomic E-state index is 11.8. The summed E-state index contributed by atoms with van der Waals surface area (Å²) in [6.07, 6.45) is -0.891. The molecule has 8 nitrogen and oxygen atoms in total. The van der Waals surface area contributed by atoms with Crippen LogP contribution in [0.2, 0.25) is 0 Å². The highest BCUT2D eigenvalue weighted by Gasteiger charge is 2.34. The summed E-state index contributed by atoms with van der Waals surface area (Å²) in [5.74, 6) is -1.85. The lowest BCUT2D eigenvalue weighted by molar-refractivity contribution is -0.171. The second-order valence-electron chi connectivity index (χ2n) is 4.87. The lowest BCUT2D eigenvalue weighted by atomic mass is 10.1. The molecule has 0 spiro atoms. The summed E-state index contributed by atoms with van der Waals surface area (Å²) >= 11 is 0. The Morgan fingerprint density at radius 2 is 1.78 bits per heavy atom. The number of ether oxygens (including phenoxy) is 1. The minimum absolute atomic E-state index is 0.00341. The SMILES string of the molecule is COC(=O)[C@@H](Cc1ccccc1)NC(=O)ON1C(=O)CCC1=O. The molecule has 0 bridgehead atoms. The monoisotopic (exact) mass is 320 g/mol. The number of carbonyl (C=O) groups excluding carboxylic acids is 4. The molecular formula is C15H16N2O6. The number of hydrogen-bond donors (Lipinski definition) is 1. The number of esters is 1. The van der Waals surface area contributed by atoms with E-state index in [1.54, 1.807) is 24.3 Å². The molecule has 1 aromatic rings. The largest absolute Gasteiger partial charge is 0.467 e. The first kappa shape index (κ1) is 16.5. The summed E-state index contributed by atoms with van der Waals surface area (Å²) in [5, 5.41) is 2.71. The zero-order valence-corrected chi connectivity index (χ0v) is 12.5. The van der Waals surface area contributed by atoms with Crippen molar-refractivity contribution in [3.63, 3.8) is 0 Å². The van der Waals surface area contributed by atoms with E-state index in [-0.39, 0.29) is 19.3 Å². The first-order valence-electron chi connectivity index (χ1n) is 6.97. The summed E-state index contributed by atoms with van der Waals surface area (Å²) in [5.41, 5.74) is 0.802.